The molecule has 2 aromatic rings. The normalized spacial score (nSPS) is 9.53. The third-order valence-corrected chi connectivity index (χ3v) is 2.58. The first-order chi connectivity index (χ1) is 9.31. The summed E-state index contributed by atoms with van der Waals surface area (Å²) in [6.07, 6.45) is 1.49. The molecule has 4 nitrogen and oxygen atoms in total. The first-order valence-electron chi connectivity index (χ1n) is 5.75. The predicted octanol–water partition coefficient (Wildman–Crippen LogP) is 3.24. The van der Waals surface area contributed by atoms with E-state index in [-0.39, 0.29) is 0 Å². The SMILES string of the molecule is COc1ccc(COc2ccc(N=C=O)cc2)cc1. The minimum Gasteiger partial charge on any atom is -0.497 e. The number of ether oxygens (including phenoxy) is 2. The summed E-state index contributed by atoms with van der Waals surface area (Å²) >= 11 is 0. The van der Waals surface area contributed by atoms with Crippen molar-refractivity contribution in [1.82, 2.24) is 0 Å². The zero-order valence-electron chi connectivity index (χ0n) is 10.5. The highest BCUT2D eigenvalue weighted by molar-refractivity contribution is 5.50. The fourth-order valence-electron chi connectivity index (χ4n) is 1.56. The number of hydrogen-bond donors (Lipinski definition) is 0. The Morgan fingerprint density at radius 3 is 2.21 bits per heavy atom. The van der Waals surface area contributed by atoms with Crippen molar-refractivity contribution in [2.75, 3.05) is 7.11 Å². The molecule has 0 aliphatic carbocycles. The lowest BCUT2D eigenvalue weighted by atomic mass is 10.2. The van der Waals surface area contributed by atoms with Crippen LogP contribution in [0.1, 0.15) is 5.56 Å². The molecule has 0 N–H and O–H groups in total. The predicted molar refractivity (Wildman–Crippen MR) is 71.5 cm³/mol. The van der Waals surface area contributed by atoms with Crippen LogP contribution in [0.3, 0.4) is 0 Å². The molecule has 0 aliphatic heterocycles. The average Bonchev–Trinajstić information content (AvgIpc) is 2.47. The van der Waals surface area contributed by atoms with E-state index < -0.39 is 0 Å². The summed E-state index contributed by atoms with van der Waals surface area (Å²) in [5, 5.41) is 0. The highest BCUT2D eigenvalue weighted by Crippen LogP contribution is 2.19. The molecule has 0 heterocycles. The van der Waals surface area contributed by atoms with E-state index >= 15 is 0 Å². The third kappa shape index (κ3) is 3.69. The van der Waals surface area contributed by atoms with Crippen molar-refractivity contribution in [3.63, 3.8) is 0 Å². The van der Waals surface area contributed by atoms with Crippen LogP contribution in [0.4, 0.5) is 5.69 Å². The molecule has 2 aromatic carbocycles. The summed E-state index contributed by atoms with van der Waals surface area (Å²) in [5.74, 6) is 1.54. The molecule has 0 radical (unpaired) electrons. The number of nitrogens with zero attached hydrogens (tertiary/aromatic N) is 1. The maximum absolute atomic E-state index is 10.1. The quantitative estimate of drug-likeness (QED) is 0.608. The van der Waals surface area contributed by atoms with Crippen LogP contribution in [-0.4, -0.2) is 13.2 Å². The number of rotatable bonds is 5. The van der Waals surface area contributed by atoms with Crippen molar-refractivity contribution in [3.8, 4) is 11.5 Å². The lowest BCUT2D eigenvalue weighted by Crippen LogP contribution is -1.95. The van der Waals surface area contributed by atoms with Crippen molar-refractivity contribution in [2.24, 2.45) is 4.99 Å². The summed E-state index contributed by atoms with van der Waals surface area (Å²) in [4.78, 5) is 13.6. The van der Waals surface area contributed by atoms with E-state index in [1.807, 2.05) is 24.3 Å². The highest BCUT2D eigenvalue weighted by Gasteiger charge is 1.97. The highest BCUT2D eigenvalue weighted by atomic mass is 16.5. The number of benzene rings is 2. The first kappa shape index (κ1) is 12.9. The van der Waals surface area contributed by atoms with Crippen molar-refractivity contribution in [3.05, 3.63) is 54.1 Å². The van der Waals surface area contributed by atoms with Gasteiger partial charge in [0.05, 0.1) is 12.8 Å². The third-order valence-electron chi connectivity index (χ3n) is 2.58. The van der Waals surface area contributed by atoms with Crippen molar-refractivity contribution < 1.29 is 14.3 Å². The second kappa shape index (κ2) is 6.38. The molecule has 0 aromatic heterocycles. The molecule has 4 heteroatoms. The lowest BCUT2D eigenvalue weighted by molar-refractivity contribution is 0.306. The minimum atomic E-state index is 0.473. The Labute approximate surface area is 111 Å². The van der Waals surface area contributed by atoms with Crippen LogP contribution in [0.5, 0.6) is 11.5 Å². The average molecular weight is 255 g/mol. The van der Waals surface area contributed by atoms with Crippen molar-refractivity contribution in [1.29, 1.82) is 0 Å². The molecule has 19 heavy (non-hydrogen) atoms. The fourth-order valence-corrected chi connectivity index (χ4v) is 1.56. The minimum absolute atomic E-state index is 0.473. The maximum atomic E-state index is 10.1. The molecule has 0 saturated carbocycles. The van der Waals surface area contributed by atoms with Gasteiger partial charge < -0.3 is 9.47 Å². The zero-order valence-corrected chi connectivity index (χ0v) is 10.5. The van der Waals surface area contributed by atoms with Gasteiger partial charge in [0.1, 0.15) is 18.1 Å². The molecule has 0 atom stereocenters. The second-order valence-electron chi connectivity index (χ2n) is 3.83. The summed E-state index contributed by atoms with van der Waals surface area (Å²) in [6.45, 7) is 0.473. The topological polar surface area (TPSA) is 47.9 Å². The van der Waals surface area contributed by atoms with Crippen LogP contribution in [0.25, 0.3) is 0 Å². The van der Waals surface area contributed by atoms with E-state index in [1.165, 1.54) is 6.08 Å². The molecule has 0 amide bonds. The second-order valence-corrected chi connectivity index (χ2v) is 3.83. The van der Waals surface area contributed by atoms with Gasteiger partial charge in [-0.05, 0) is 42.0 Å². The summed E-state index contributed by atoms with van der Waals surface area (Å²) in [5.41, 5.74) is 1.61. The van der Waals surface area contributed by atoms with Crippen LogP contribution in [0, 0.1) is 0 Å². The van der Waals surface area contributed by atoms with E-state index in [9.17, 15) is 4.79 Å². The van der Waals surface area contributed by atoms with Gasteiger partial charge in [-0.3, -0.25) is 0 Å². The van der Waals surface area contributed by atoms with Crippen LogP contribution in [-0.2, 0) is 11.4 Å². The van der Waals surface area contributed by atoms with Gasteiger partial charge in [0.25, 0.3) is 0 Å². The van der Waals surface area contributed by atoms with Gasteiger partial charge >= 0.3 is 0 Å². The number of aliphatic imine (C=N–C) groups is 1. The van der Waals surface area contributed by atoms with Gasteiger partial charge in [0.15, 0.2) is 0 Å². The standard InChI is InChI=1S/C15H13NO3/c1-18-14-6-2-12(3-7-14)10-19-15-8-4-13(5-9-15)16-11-17/h2-9H,10H2,1H3. The van der Waals surface area contributed by atoms with E-state index in [0.29, 0.717) is 12.3 Å². The van der Waals surface area contributed by atoms with Crippen molar-refractivity contribution >= 4 is 11.8 Å². The molecule has 2 rings (SSSR count). The maximum Gasteiger partial charge on any atom is 0.240 e. The Bertz CT molecular complexity index is 569. The van der Waals surface area contributed by atoms with E-state index in [2.05, 4.69) is 4.99 Å². The molecule has 96 valence electrons. The molecular weight excluding hydrogens is 242 g/mol. The fraction of sp³-hybridized carbons (Fsp3) is 0.133. The largest absolute Gasteiger partial charge is 0.497 e. The van der Waals surface area contributed by atoms with Crippen LogP contribution in [0.2, 0.25) is 0 Å². The molecule has 0 bridgehead atoms. The van der Waals surface area contributed by atoms with Gasteiger partial charge in [0, 0.05) is 0 Å². The van der Waals surface area contributed by atoms with Gasteiger partial charge in [-0.1, -0.05) is 12.1 Å². The molecule has 0 aliphatic rings. The molecule has 0 saturated heterocycles. The lowest BCUT2D eigenvalue weighted by Gasteiger charge is -2.07. The van der Waals surface area contributed by atoms with Gasteiger partial charge in [0.2, 0.25) is 6.08 Å². The Hall–Kier alpha value is -2.58. The smallest absolute Gasteiger partial charge is 0.240 e. The Morgan fingerprint density at radius 1 is 1.00 bits per heavy atom. The number of carbonyl (C=O) groups excluding carboxylic acids is 1. The summed E-state index contributed by atoms with van der Waals surface area (Å²) in [6, 6.07) is 14.6. The molecule has 0 spiro atoms. The van der Waals surface area contributed by atoms with Crippen molar-refractivity contribution in [2.45, 2.75) is 6.61 Å². The van der Waals surface area contributed by atoms with E-state index in [4.69, 9.17) is 9.47 Å². The van der Waals surface area contributed by atoms with Gasteiger partial charge in [-0.25, -0.2) is 4.79 Å². The monoisotopic (exact) mass is 255 g/mol. The van der Waals surface area contributed by atoms with E-state index in [1.54, 1.807) is 31.4 Å². The summed E-state index contributed by atoms with van der Waals surface area (Å²) < 4.78 is 10.7. The Morgan fingerprint density at radius 2 is 1.63 bits per heavy atom. The Balaban J connectivity index is 1.95. The van der Waals surface area contributed by atoms with E-state index in [0.717, 1.165) is 17.1 Å². The number of isocyanates is 1. The number of hydrogen-bond acceptors (Lipinski definition) is 4. The molecular formula is C15H13NO3. The summed E-state index contributed by atoms with van der Waals surface area (Å²) in [7, 11) is 1.63. The van der Waals surface area contributed by atoms with Crippen LogP contribution in [0.15, 0.2) is 53.5 Å². The zero-order chi connectivity index (χ0) is 13.5. The molecule has 0 fully saturated rings. The first-order valence-corrected chi connectivity index (χ1v) is 5.75. The van der Waals surface area contributed by atoms with Gasteiger partial charge in [-0.2, -0.15) is 4.99 Å². The van der Waals surface area contributed by atoms with Crippen LogP contribution < -0.4 is 9.47 Å². The van der Waals surface area contributed by atoms with Gasteiger partial charge in [-0.15, -0.1) is 0 Å². The Kier molecular flexibility index (Phi) is 4.32. The number of methoxy groups -OCH3 is 1. The molecule has 0 unspecified atom stereocenters. The van der Waals surface area contributed by atoms with Crippen LogP contribution >= 0.6 is 0 Å².